The fraction of sp³-hybridized carbons (Fsp3) is 0.125. The maximum atomic E-state index is 12.1. The summed E-state index contributed by atoms with van der Waals surface area (Å²) in [5.74, 6) is 0. The number of alkyl halides is 3. The van der Waals surface area contributed by atoms with E-state index in [-0.39, 0.29) is 10.6 Å². The predicted octanol–water partition coefficient (Wildman–Crippen LogP) is 3.74. The van der Waals surface area contributed by atoms with E-state index in [9.17, 15) is 18.0 Å². The van der Waals surface area contributed by atoms with Crippen LogP contribution >= 0.6 is 23.2 Å². The van der Waals surface area contributed by atoms with Crippen molar-refractivity contribution < 1.29 is 18.0 Å². The fourth-order valence-corrected chi connectivity index (χ4v) is 1.33. The Kier molecular flexibility index (Phi) is 3.07. The fourth-order valence-electron chi connectivity index (χ4n) is 0.851. The molecule has 0 aliphatic carbocycles. The third-order valence-electron chi connectivity index (χ3n) is 1.51. The summed E-state index contributed by atoms with van der Waals surface area (Å²) in [7, 11) is 0. The van der Waals surface area contributed by atoms with Crippen molar-refractivity contribution in [3.05, 3.63) is 34.3 Å². The van der Waals surface area contributed by atoms with Crippen molar-refractivity contribution >= 4 is 28.4 Å². The zero-order valence-electron chi connectivity index (χ0n) is 6.53. The highest BCUT2D eigenvalue weighted by molar-refractivity contribution is 6.68. The van der Waals surface area contributed by atoms with E-state index in [1.165, 1.54) is 0 Å². The minimum absolute atomic E-state index is 0.138. The molecule has 1 aromatic carbocycles. The maximum Gasteiger partial charge on any atom is 0.416 e. The highest BCUT2D eigenvalue weighted by atomic mass is 35.5. The molecule has 0 atom stereocenters. The number of benzene rings is 1. The van der Waals surface area contributed by atoms with E-state index in [0.717, 1.165) is 12.1 Å². The molecule has 0 bridgehead atoms. The molecule has 0 saturated heterocycles. The summed E-state index contributed by atoms with van der Waals surface area (Å²) in [6, 6.07) is 2.36. The second-order valence-corrected chi connectivity index (χ2v) is 3.22. The first-order valence-electron chi connectivity index (χ1n) is 3.39. The van der Waals surface area contributed by atoms with Crippen LogP contribution in [0.15, 0.2) is 18.2 Å². The zero-order valence-corrected chi connectivity index (χ0v) is 8.04. The lowest BCUT2D eigenvalue weighted by Gasteiger charge is -2.07. The molecule has 0 amide bonds. The Morgan fingerprint density at radius 2 is 1.86 bits per heavy atom. The molecule has 0 aliphatic rings. The zero-order chi connectivity index (χ0) is 10.9. The third-order valence-corrected chi connectivity index (χ3v) is 2.02. The van der Waals surface area contributed by atoms with Gasteiger partial charge in [0, 0.05) is 0 Å². The van der Waals surface area contributed by atoms with Gasteiger partial charge in [0.2, 0.25) is 0 Å². The lowest BCUT2D eigenvalue weighted by molar-refractivity contribution is -0.137. The lowest BCUT2D eigenvalue weighted by Crippen LogP contribution is -2.05. The van der Waals surface area contributed by atoms with Gasteiger partial charge in [0.15, 0.2) is 0 Å². The molecule has 0 saturated carbocycles. The van der Waals surface area contributed by atoms with Crippen LogP contribution in [0.25, 0.3) is 0 Å². The van der Waals surface area contributed by atoms with Crippen molar-refractivity contribution in [1.82, 2.24) is 0 Å². The van der Waals surface area contributed by atoms with Crippen molar-refractivity contribution in [3.63, 3.8) is 0 Å². The van der Waals surface area contributed by atoms with Gasteiger partial charge in [-0.15, -0.1) is 0 Å². The van der Waals surface area contributed by atoms with E-state index in [1.54, 1.807) is 0 Å². The molecule has 0 aliphatic heterocycles. The van der Waals surface area contributed by atoms with Crippen molar-refractivity contribution in [2.75, 3.05) is 0 Å². The highest BCUT2D eigenvalue weighted by Gasteiger charge is 2.31. The van der Waals surface area contributed by atoms with E-state index < -0.39 is 17.0 Å². The van der Waals surface area contributed by atoms with Crippen LogP contribution in [0.5, 0.6) is 0 Å². The van der Waals surface area contributed by atoms with Gasteiger partial charge in [0.1, 0.15) is 0 Å². The van der Waals surface area contributed by atoms with Gasteiger partial charge in [-0.3, -0.25) is 4.79 Å². The molecule has 0 radical (unpaired) electrons. The van der Waals surface area contributed by atoms with Crippen molar-refractivity contribution in [2.24, 2.45) is 0 Å². The molecule has 0 fully saturated rings. The second kappa shape index (κ2) is 3.79. The topological polar surface area (TPSA) is 17.1 Å². The Labute approximate surface area is 87.4 Å². The highest BCUT2D eigenvalue weighted by Crippen LogP contribution is 2.32. The molecule has 0 heterocycles. The monoisotopic (exact) mass is 242 g/mol. The summed E-state index contributed by atoms with van der Waals surface area (Å²) in [6.45, 7) is 0. The van der Waals surface area contributed by atoms with Gasteiger partial charge in [0.25, 0.3) is 5.24 Å². The number of hydrogen-bond donors (Lipinski definition) is 0. The average Bonchev–Trinajstić information content (AvgIpc) is 2.01. The van der Waals surface area contributed by atoms with Gasteiger partial charge in [-0.25, -0.2) is 0 Å². The molecular formula is C8H3Cl2F3O. The largest absolute Gasteiger partial charge is 0.416 e. The number of rotatable bonds is 1. The number of carbonyl (C=O) groups excluding carboxylic acids is 1. The molecule has 0 N–H and O–H groups in total. The second-order valence-electron chi connectivity index (χ2n) is 2.47. The molecule has 0 spiro atoms. The van der Waals surface area contributed by atoms with Gasteiger partial charge < -0.3 is 0 Å². The summed E-state index contributed by atoms with van der Waals surface area (Å²) in [5, 5.41) is -1.19. The van der Waals surface area contributed by atoms with Crippen LogP contribution in [-0.2, 0) is 6.18 Å². The summed E-state index contributed by atoms with van der Waals surface area (Å²) >= 11 is 10.5. The van der Waals surface area contributed by atoms with Crippen LogP contribution < -0.4 is 0 Å². The molecular weight excluding hydrogens is 240 g/mol. The first-order valence-corrected chi connectivity index (χ1v) is 4.14. The number of carbonyl (C=O) groups is 1. The Morgan fingerprint density at radius 3 is 2.21 bits per heavy atom. The normalized spacial score (nSPS) is 11.5. The number of hydrogen-bond acceptors (Lipinski definition) is 1. The SMILES string of the molecule is O=C(Cl)c1ccc(C(F)(F)F)cc1Cl. The summed E-state index contributed by atoms with van der Waals surface area (Å²) < 4.78 is 36.4. The minimum Gasteiger partial charge on any atom is -0.276 e. The van der Waals surface area contributed by atoms with Gasteiger partial charge >= 0.3 is 6.18 Å². The quantitative estimate of drug-likeness (QED) is 0.686. The smallest absolute Gasteiger partial charge is 0.276 e. The van der Waals surface area contributed by atoms with Crippen molar-refractivity contribution in [2.45, 2.75) is 6.18 Å². The predicted molar refractivity (Wildman–Crippen MR) is 46.6 cm³/mol. The Hall–Kier alpha value is -0.740. The van der Waals surface area contributed by atoms with Crippen LogP contribution in [0.2, 0.25) is 5.02 Å². The first-order chi connectivity index (χ1) is 6.32. The van der Waals surface area contributed by atoms with E-state index in [4.69, 9.17) is 23.2 Å². The third kappa shape index (κ3) is 2.39. The van der Waals surface area contributed by atoms with E-state index in [1.807, 2.05) is 0 Å². The molecule has 0 unspecified atom stereocenters. The standard InChI is InChI=1S/C8H3Cl2F3O/c9-6-3-4(8(11,12)13)1-2-5(6)7(10)14/h1-3H. The van der Waals surface area contributed by atoms with E-state index in [2.05, 4.69) is 0 Å². The summed E-state index contributed by atoms with van der Waals surface area (Å²) in [4.78, 5) is 10.6. The molecule has 76 valence electrons. The number of halogens is 5. The molecule has 1 rings (SSSR count). The lowest BCUT2D eigenvalue weighted by atomic mass is 10.1. The van der Waals surface area contributed by atoms with Gasteiger partial charge in [-0.05, 0) is 29.8 Å². The average molecular weight is 243 g/mol. The van der Waals surface area contributed by atoms with Crippen LogP contribution in [0.3, 0.4) is 0 Å². The van der Waals surface area contributed by atoms with E-state index in [0.29, 0.717) is 6.07 Å². The minimum atomic E-state index is -4.47. The summed E-state index contributed by atoms with van der Waals surface area (Å²) in [6.07, 6.45) is -4.47. The molecule has 1 aromatic rings. The van der Waals surface area contributed by atoms with E-state index >= 15 is 0 Å². The summed E-state index contributed by atoms with van der Waals surface area (Å²) in [5.41, 5.74) is -1.05. The maximum absolute atomic E-state index is 12.1. The Bertz CT molecular complexity index is 373. The first kappa shape index (κ1) is 11.3. The molecule has 14 heavy (non-hydrogen) atoms. The van der Waals surface area contributed by atoms with Crippen LogP contribution in [-0.4, -0.2) is 5.24 Å². The van der Waals surface area contributed by atoms with Crippen LogP contribution in [0.4, 0.5) is 13.2 Å². The van der Waals surface area contributed by atoms with Crippen molar-refractivity contribution in [3.8, 4) is 0 Å². The Morgan fingerprint density at radius 1 is 1.29 bits per heavy atom. The van der Waals surface area contributed by atoms with Gasteiger partial charge in [-0.1, -0.05) is 11.6 Å². The van der Waals surface area contributed by atoms with Crippen LogP contribution in [0, 0.1) is 0 Å². The molecule has 0 aromatic heterocycles. The van der Waals surface area contributed by atoms with Crippen LogP contribution in [0.1, 0.15) is 15.9 Å². The van der Waals surface area contributed by atoms with Gasteiger partial charge in [0.05, 0.1) is 16.1 Å². The molecule has 1 nitrogen and oxygen atoms in total. The van der Waals surface area contributed by atoms with Crippen molar-refractivity contribution in [1.29, 1.82) is 0 Å². The Balaban J connectivity index is 3.20. The van der Waals surface area contributed by atoms with Gasteiger partial charge in [-0.2, -0.15) is 13.2 Å². The molecule has 6 heteroatoms.